The molecule has 2 rings (SSSR count). The second kappa shape index (κ2) is 6.75. The van der Waals surface area contributed by atoms with Crippen molar-refractivity contribution < 1.29 is 4.74 Å². The normalized spacial score (nSPS) is 12.2. The molecule has 20 heavy (non-hydrogen) atoms. The van der Waals surface area contributed by atoms with Crippen molar-refractivity contribution in [2.75, 3.05) is 7.11 Å². The minimum atomic E-state index is 0.0175. The molecule has 0 aliphatic rings. The fourth-order valence-corrected chi connectivity index (χ4v) is 2.32. The molecule has 3 nitrogen and oxygen atoms in total. The third kappa shape index (κ3) is 3.51. The van der Waals surface area contributed by atoms with Gasteiger partial charge in [0, 0.05) is 0 Å². The molecule has 0 bridgehead atoms. The summed E-state index contributed by atoms with van der Waals surface area (Å²) in [5, 5.41) is 0.599. The van der Waals surface area contributed by atoms with Gasteiger partial charge in [-0.1, -0.05) is 47.5 Å². The third-order valence-corrected chi connectivity index (χ3v) is 3.65. The number of rotatable bonds is 5. The van der Waals surface area contributed by atoms with Crippen molar-refractivity contribution in [3.63, 3.8) is 0 Å². The van der Waals surface area contributed by atoms with Crippen molar-refractivity contribution in [2.24, 2.45) is 5.84 Å². The number of ether oxygens (including phenoxy) is 1. The van der Waals surface area contributed by atoms with E-state index in [0.717, 1.165) is 12.0 Å². The van der Waals surface area contributed by atoms with Gasteiger partial charge in [0.15, 0.2) is 0 Å². The van der Waals surface area contributed by atoms with Crippen LogP contribution in [0.25, 0.3) is 0 Å². The second-order valence-corrected chi connectivity index (χ2v) is 5.21. The van der Waals surface area contributed by atoms with Gasteiger partial charge in [-0.15, -0.1) is 0 Å². The number of hydrogen-bond acceptors (Lipinski definition) is 3. The topological polar surface area (TPSA) is 47.3 Å². The van der Waals surface area contributed by atoms with Crippen LogP contribution in [0.15, 0.2) is 42.5 Å². The number of nitrogens with two attached hydrogens (primary N) is 1. The van der Waals surface area contributed by atoms with Crippen molar-refractivity contribution in [3.8, 4) is 5.75 Å². The molecule has 0 amide bonds. The van der Waals surface area contributed by atoms with Gasteiger partial charge in [0.05, 0.1) is 18.2 Å². The number of aryl methyl sites for hydroxylation is 1. The summed E-state index contributed by atoms with van der Waals surface area (Å²) in [7, 11) is 1.61. The monoisotopic (exact) mass is 290 g/mol. The van der Waals surface area contributed by atoms with Crippen LogP contribution in [0.5, 0.6) is 5.75 Å². The lowest BCUT2D eigenvalue weighted by Gasteiger charge is -2.18. The Kier molecular flexibility index (Phi) is 5.01. The first-order valence-electron chi connectivity index (χ1n) is 6.49. The Hall–Kier alpha value is -1.55. The SMILES string of the molecule is COc1cc(C(Cc2ccc(C)cc2)NN)ccc1Cl. The summed E-state index contributed by atoms with van der Waals surface area (Å²) in [6, 6.07) is 14.2. The van der Waals surface area contributed by atoms with Crippen LogP contribution in [-0.2, 0) is 6.42 Å². The van der Waals surface area contributed by atoms with E-state index in [4.69, 9.17) is 22.2 Å². The number of halogens is 1. The van der Waals surface area contributed by atoms with Gasteiger partial charge in [0.25, 0.3) is 0 Å². The summed E-state index contributed by atoms with van der Waals surface area (Å²) in [5.41, 5.74) is 6.38. The van der Waals surface area contributed by atoms with E-state index >= 15 is 0 Å². The Labute approximate surface area is 124 Å². The molecule has 2 aromatic rings. The minimum absolute atomic E-state index is 0.0175. The van der Waals surface area contributed by atoms with Crippen LogP contribution in [0.1, 0.15) is 22.7 Å². The first kappa shape index (κ1) is 14.9. The van der Waals surface area contributed by atoms with Gasteiger partial charge in [-0.3, -0.25) is 11.3 Å². The van der Waals surface area contributed by atoms with E-state index < -0.39 is 0 Å². The predicted molar refractivity (Wildman–Crippen MR) is 83.0 cm³/mol. The molecule has 2 aromatic carbocycles. The van der Waals surface area contributed by atoms with Gasteiger partial charge in [-0.05, 0) is 36.6 Å². The average molecular weight is 291 g/mol. The summed E-state index contributed by atoms with van der Waals surface area (Å²) < 4.78 is 5.25. The number of nitrogens with one attached hydrogen (secondary N) is 1. The Morgan fingerprint density at radius 1 is 1.20 bits per heavy atom. The fraction of sp³-hybridized carbons (Fsp3) is 0.250. The van der Waals surface area contributed by atoms with Crippen LogP contribution in [-0.4, -0.2) is 7.11 Å². The molecule has 106 valence electrons. The van der Waals surface area contributed by atoms with E-state index in [0.29, 0.717) is 10.8 Å². The van der Waals surface area contributed by atoms with Gasteiger partial charge in [-0.25, -0.2) is 0 Å². The van der Waals surface area contributed by atoms with Gasteiger partial charge in [0.2, 0.25) is 0 Å². The van der Waals surface area contributed by atoms with E-state index in [-0.39, 0.29) is 6.04 Å². The highest BCUT2D eigenvalue weighted by atomic mass is 35.5. The van der Waals surface area contributed by atoms with E-state index in [2.05, 4.69) is 36.6 Å². The Morgan fingerprint density at radius 2 is 1.90 bits per heavy atom. The van der Waals surface area contributed by atoms with Crippen molar-refractivity contribution in [2.45, 2.75) is 19.4 Å². The largest absolute Gasteiger partial charge is 0.495 e. The molecule has 4 heteroatoms. The zero-order valence-electron chi connectivity index (χ0n) is 11.7. The number of hydrazine groups is 1. The first-order valence-corrected chi connectivity index (χ1v) is 6.87. The van der Waals surface area contributed by atoms with Crippen molar-refractivity contribution >= 4 is 11.6 Å². The molecule has 1 atom stereocenters. The molecule has 0 saturated carbocycles. The van der Waals surface area contributed by atoms with Crippen LogP contribution in [0, 0.1) is 6.92 Å². The maximum absolute atomic E-state index is 6.05. The van der Waals surface area contributed by atoms with Crippen LogP contribution < -0.4 is 16.0 Å². The summed E-state index contributed by atoms with van der Waals surface area (Å²) in [6.07, 6.45) is 0.807. The van der Waals surface area contributed by atoms with E-state index in [9.17, 15) is 0 Å². The second-order valence-electron chi connectivity index (χ2n) is 4.80. The molecule has 0 heterocycles. The smallest absolute Gasteiger partial charge is 0.137 e. The van der Waals surface area contributed by atoms with Crippen molar-refractivity contribution in [1.82, 2.24) is 5.43 Å². The standard InChI is InChI=1S/C16H19ClN2O/c1-11-3-5-12(6-4-11)9-15(19-18)13-7-8-14(17)16(10-13)20-2/h3-8,10,15,19H,9,18H2,1-2H3. The van der Waals surface area contributed by atoms with E-state index in [1.165, 1.54) is 11.1 Å². The lowest BCUT2D eigenvalue weighted by atomic mass is 9.98. The van der Waals surface area contributed by atoms with Crippen molar-refractivity contribution in [3.05, 3.63) is 64.2 Å². The van der Waals surface area contributed by atoms with Gasteiger partial charge in [0.1, 0.15) is 5.75 Å². The molecule has 3 N–H and O–H groups in total. The first-order chi connectivity index (χ1) is 9.63. The number of benzene rings is 2. The highest BCUT2D eigenvalue weighted by molar-refractivity contribution is 6.32. The molecular formula is C16H19ClN2O. The Bertz CT molecular complexity index is 569. The number of hydrogen-bond donors (Lipinski definition) is 2. The van der Waals surface area contributed by atoms with Crippen molar-refractivity contribution in [1.29, 1.82) is 0 Å². The van der Waals surface area contributed by atoms with Gasteiger partial charge in [-0.2, -0.15) is 0 Å². The van der Waals surface area contributed by atoms with Crippen LogP contribution in [0.2, 0.25) is 5.02 Å². The summed E-state index contributed by atoms with van der Waals surface area (Å²) in [5.74, 6) is 6.35. The minimum Gasteiger partial charge on any atom is -0.495 e. The van der Waals surface area contributed by atoms with Gasteiger partial charge >= 0.3 is 0 Å². The molecule has 0 aliphatic heterocycles. The molecule has 0 spiro atoms. The Balaban J connectivity index is 2.21. The molecule has 1 unspecified atom stereocenters. The zero-order chi connectivity index (χ0) is 14.5. The fourth-order valence-electron chi connectivity index (χ4n) is 2.13. The summed E-state index contributed by atoms with van der Waals surface area (Å²) >= 11 is 6.05. The number of methoxy groups -OCH3 is 1. The predicted octanol–water partition coefficient (Wildman–Crippen LogP) is 3.40. The Morgan fingerprint density at radius 3 is 2.50 bits per heavy atom. The molecule has 0 radical (unpaired) electrons. The molecular weight excluding hydrogens is 272 g/mol. The average Bonchev–Trinajstić information content (AvgIpc) is 2.47. The highest BCUT2D eigenvalue weighted by Crippen LogP contribution is 2.28. The highest BCUT2D eigenvalue weighted by Gasteiger charge is 2.13. The maximum Gasteiger partial charge on any atom is 0.137 e. The molecule has 0 fully saturated rings. The lowest BCUT2D eigenvalue weighted by Crippen LogP contribution is -2.29. The summed E-state index contributed by atoms with van der Waals surface area (Å²) in [4.78, 5) is 0. The molecule has 0 saturated heterocycles. The van der Waals surface area contributed by atoms with Crippen LogP contribution in [0.3, 0.4) is 0 Å². The van der Waals surface area contributed by atoms with Crippen LogP contribution >= 0.6 is 11.6 Å². The van der Waals surface area contributed by atoms with Crippen LogP contribution in [0.4, 0.5) is 0 Å². The quantitative estimate of drug-likeness (QED) is 0.655. The molecule has 0 aromatic heterocycles. The lowest BCUT2D eigenvalue weighted by molar-refractivity contribution is 0.413. The third-order valence-electron chi connectivity index (χ3n) is 3.34. The van der Waals surface area contributed by atoms with Gasteiger partial charge < -0.3 is 4.74 Å². The van der Waals surface area contributed by atoms with E-state index in [1.54, 1.807) is 7.11 Å². The summed E-state index contributed by atoms with van der Waals surface area (Å²) in [6.45, 7) is 2.08. The molecule has 0 aliphatic carbocycles. The van der Waals surface area contributed by atoms with E-state index in [1.807, 2.05) is 18.2 Å². The zero-order valence-corrected chi connectivity index (χ0v) is 12.4. The maximum atomic E-state index is 6.05.